The molecule has 0 spiro atoms. The first-order chi connectivity index (χ1) is 7.16. The lowest BCUT2D eigenvalue weighted by Gasteiger charge is -2.31. The van der Waals surface area contributed by atoms with Crippen molar-refractivity contribution in [1.82, 2.24) is 4.98 Å². The third-order valence-electron chi connectivity index (χ3n) is 2.26. The molecule has 1 aromatic heterocycles. The number of carbonyl (C=O) groups excluding carboxylic acids is 1. The van der Waals surface area contributed by atoms with E-state index in [1.54, 1.807) is 18.5 Å². The second kappa shape index (κ2) is 3.86. The average Bonchev–Trinajstić information content (AvgIpc) is 2.16. The number of nitrogens with zero attached hydrogens (tertiary/aromatic N) is 2. The van der Waals surface area contributed by atoms with Gasteiger partial charge in [0.25, 0.3) is 0 Å². The summed E-state index contributed by atoms with van der Waals surface area (Å²) < 4.78 is 0. The van der Waals surface area contributed by atoms with Crippen LogP contribution >= 0.6 is 0 Å². The maximum absolute atomic E-state index is 11.4. The van der Waals surface area contributed by atoms with Gasteiger partial charge in [0.05, 0.1) is 24.1 Å². The van der Waals surface area contributed by atoms with Crippen LogP contribution in [-0.2, 0) is 4.79 Å². The molecule has 15 heavy (non-hydrogen) atoms. The van der Waals surface area contributed by atoms with Gasteiger partial charge in [0, 0.05) is 18.8 Å². The van der Waals surface area contributed by atoms with Gasteiger partial charge in [0.15, 0.2) is 0 Å². The van der Waals surface area contributed by atoms with E-state index in [0.29, 0.717) is 13.1 Å². The smallest absolute Gasteiger partial charge is 0.243 e. The largest absolute Gasteiger partial charge is 0.358 e. The van der Waals surface area contributed by atoms with Gasteiger partial charge in [-0.25, -0.2) is 0 Å². The first kappa shape index (κ1) is 9.92. The lowest BCUT2D eigenvalue weighted by atomic mass is 10.2. The van der Waals surface area contributed by atoms with E-state index < -0.39 is 0 Å². The summed E-state index contributed by atoms with van der Waals surface area (Å²) in [6, 6.07) is 1.82. The minimum atomic E-state index is -0.00523. The molecule has 3 N–H and O–H groups in total. The molecule has 0 aliphatic carbocycles. The third-order valence-corrected chi connectivity index (χ3v) is 2.26. The van der Waals surface area contributed by atoms with Crippen molar-refractivity contribution in [1.29, 1.82) is 0 Å². The van der Waals surface area contributed by atoms with E-state index in [1.165, 1.54) is 0 Å². The zero-order chi connectivity index (χ0) is 10.8. The molecular formula is C10H14N4O. The summed E-state index contributed by atoms with van der Waals surface area (Å²) in [6.07, 6.45) is 3.41. The summed E-state index contributed by atoms with van der Waals surface area (Å²) >= 11 is 0. The maximum Gasteiger partial charge on any atom is 0.243 e. The zero-order valence-corrected chi connectivity index (χ0v) is 8.60. The van der Waals surface area contributed by atoms with Crippen molar-refractivity contribution in [2.45, 2.75) is 13.0 Å². The number of carbonyl (C=O) groups is 1. The van der Waals surface area contributed by atoms with Crippen molar-refractivity contribution in [2.75, 3.05) is 23.3 Å². The Morgan fingerprint density at radius 1 is 1.73 bits per heavy atom. The molecule has 0 radical (unpaired) electrons. The molecule has 5 heteroatoms. The summed E-state index contributed by atoms with van der Waals surface area (Å²) in [5.41, 5.74) is 7.48. The van der Waals surface area contributed by atoms with Crippen LogP contribution < -0.4 is 16.0 Å². The van der Waals surface area contributed by atoms with Gasteiger partial charge in [-0.3, -0.25) is 9.78 Å². The fourth-order valence-electron chi connectivity index (χ4n) is 1.70. The number of anilines is 2. The molecule has 1 unspecified atom stereocenters. The second-order valence-electron chi connectivity index (χ2n) is 3.80. The highest BCUT2D eigenvalue weighted by Gasteiger charge is 2.22. The molecular weight excluding hydrogens is 192 g/mol. The van der Waals surface area contributed by atoms with Gasteiger partial charge < -0.3 is 16.0 Å². The molecule has 1 atom stereocenters. The Bertz CT molecular complexity index is 377. The highest BCUT2D eigenvalue weighted by atomic mass is 16.2. The number of nitrogens with two attached hydrogens (primary N) is 1. The molecule has 0 aromatic carbocycles. The van der Waals surface area contributed by atoms with Gasteiger partial charge in [-0.1, -0.05) is 0 Å². The van der Waals surface area contributed by atoms with Crippen molar-refractivity contribution >= 4 is 17.3 Å². The average molecular weight is 206 g/mol. The SMILES string of the molecule is CC(N)CN1CC(=O)Nc2ccncc21. The van der Waals surface area contributed by atoms with Crippen LogP contribution in [0.1, 0.15) is 6.92 Å². The lowest BCUT2D eigenvalue weighted by Crippen LogP contribution is -2.43. The number of pyridine rings is 1. The fraction of sp³-hybridized carbons (Fsp3) is 0.400. The first-order valence-electron chi connectivity index (χ1n) is 4.91. The minimum absolute atomic E-state index is 0.00523. The van der Waals surface area contributed by atoms with Gasteiger partial charge >= 0.3 is 0 Å². The van der Waals surface area contributed by atoms with E-state index in [9.17, 15) is 4.79 Å². The van der Waals surface area contributed by atoms with E-state index >= 15 is 0 Å². The van der Waals surface area contributed by atoms with Crippen LogP contribution in [0.2, 0.25) is 0 Å². The van der Waals surface area contributed by atoms with Gasteiger partial charge in [-0.05, 0) is 13.0 Å². The summed E-state index contributed by atoms with van der Waals surface area (Å²) in [4.78, 5) is 17.4. The molecule has 0 bridgehead atoms. The molecule has 0 saturated heterocycles. The van der Waals surface area contributed by atoms with Crippen LogP contribution in [0.25, 0.3) is 0 Å². The van der Waals surface area contributed by atoms with E-state index in [0.717, 1.165) is 11.4 Å². The number of fused-ring (bicyclic) bond motifs is 1. The Morgan fingerprint density at radius 2 is 2.53 bits per heavy atom. The number of amides is 1. The maximum atomic E-state index is 11.4. The van der Waals surface area contributed by atoms with Crippen molar-refractivity contribution in [2.24, 2.45) is 5.73 Å². The Morgan fingerprint density at radius 3 is 3.27 bits per heavy atom. The number of rotatable bonds is 2. The molecule has 2 rings (SSSR count). The Hall–Kier alpha value is -1.62. The van der Waals surface area contributed by atoms with Crippen LogP contribution in [0, 0.1) is 0 Å². The van der Waals surface area contributed by atoms with Crippen LogP contribution in [0.5, 0.6) is 0 Å². The summed E-state index contributed by atoms with van der Waals surface area (Å²) in [6.45, 7) is 2.93. The lowest BCUT2D eigenvalue weighted by molar-refractivity contribution is -0.115. The first-order valence-corrected chi connectivity index (χ1v) is 4.91. The normalized spacial score (nSPS) is 16.9. The van der Waals surface area contributed by atoms with Gasteiger partial charge in [-0.15, -0.1) is 0 Å². The van der Waals surface area contributed by atoms with Crippen molar-refractivity contribution < 1.29 is 4.79 Å². The fourth-order valence-corrected chi connectivity index (χ4v) is 1.70. The number of aromatic nitrogens is 1. The van der Waals surface area contributed by atoms with Crippen molar-refractivity contribution in [3.05, 3.63) is 18.5 Å². The highest BCUT2D eigenvalue weighted by molar-refractivity contribution is 6.00. The topological polar surface area (TPSA) is 71.2 Å². The summed E-state index contributed by atoms with van der Waals surface area (Å²) in [5, 5.41) is 2.80. The second-order valence-corrected chi connectivity index (χ2v) is 3.80. The monoisotopic (exact) mass is 206 g/mol. The van der Waals surface area contributed by atoms with Gasteiger partial charge in [-0.2, -0.15) is 0 Å². The molecule has 1 aromatic rings. The molecule has 1 amide bonds. The summed E-state index contributed by atoms with van der Waals surface area (Å²) in [5.74, 6) is -0.00523. The van der Waals surface area contributed by atoms with Crippen LogP contribution in [-0.4, -0.2) is 30.0 Å². The minimum Gasteiger partial charge on any atom is -0.358 e. The van der Waals surface area contributed by atoms with Crippen LogP contribution in [0.4, 0.5) is 11.4 Å². The van der Waals surface area contributed by atoms with E-state index in [-0.39, 0.29) is 11.9 Å². The predicted molar refractivity (Wildman–Crippen MR) is 58.7 cm³/mol. The molecule has 2 heterocycles. The Balaban J connectivity index is 2.30. The van der Waals surface area contributed by atoms with Crippen molar-refractivity contribution in [3.63, 3.8) is 0 Å². The van der Waals surface area contributed by atoms with Gasteiger partial charge in [0.1, 0.15) is 0 Å². The van der Waals surface area contributed by atoms with Crippen LogP contribution in [0.15, 0.2) is 18.5 Å². The summed E-state index contributed by atoms with van der Waals surface area (Å²) in [7, 11) is 0. The van der Waals surface area contributed by atoms with Crippen molar-refractivity contribution in [3.8, 4) is 0 Å². The van der Waals surface area contributed by atoms with Gasteiger partial charge in [0.2, 0.25) is 5.91 Å². The Kier molecular flexibility index (Phi) is 2.55. The quantitative estimate of drug-likeness (QED) is 0.724. The van der Waals surface area contributed by atoms with E-state index in [4.69, 9.17) is 5.73 Å². The Labute approximate surface area is 88.3 Å². The molecule has 0 fully saturated rings. The molecule has 1 aliphatic heterocycles. The van der Waals surface area contributed by atoms with Crippen LogP contribution in [0.3, 0.4) is 0 Å². The standard InChI is InChI=1S/C10H14N4O/c1-7(11)5-14-6-10(15)13-8-2-3-12-4-9(8)14/h2-4,7H,5-6,11H2,1H3,(H,13,15). The predicted octanol–water partition coefficient (Wildman–Crippen LogP) is 0.187. The highest BCUT2D eigenvalue weighted by Crippen LogP contribution is 2.27. The zero-order valence-electron chi connectivity index (χ0n) is 8.60. The van der Waals surface area contributed by atoms with E-state index in [1.807, 2.05) is 11.8 Å². The molecule has 1 aliphatic rings. The molecule has 80 valence electrons. The number of hydrogen-bond acceptors (Lipinski definition) is 4. The number of hydrogen-bond donors (Lipinski definition) is 2. The molecule has 0 saturated carbocycles. The van der Waals surface area contributed by atoms with E-state index in [2.05, 4.69) is 10.3 Å². The molecule has 5 nitrogen and oxygen atoms in total. The number of nitrogens with one attached hydrogen (secondary N) is 1. The third kappa shape index (κ3) is 2.07.